The highest BCUT2D eigenvalue weighted by Gasteiger charge is 2.32. The third-order valence-corrected chi connectivity index (χ3v) is 7.42. The fourth-order valence-corrected chi connectivity index (χ4v) is 5.64. The second-order valence-corrected chi connectivity index (χ2v) is 10.7. The quantitative estimate of drug-likeness (QED) is 0.351. The highest BCUT2D eigenvalue weighted by molar-refractivity contribution is 7.99. The zero-order chi connectivity index (χ0) is 21.3. The maximum absolute atomic E-state index is 9.72. The summed E-state index contributed by atoms with van der Waals surface area (Å²) in [5.74, 6) is 1.29. The summed E-state index contributed by atoms with van der Waals surface area (Å²) >= 11 is 3.03. The molecule has 0 saturated heterocycles. The van der Waals surface area contributed by atoms with E-state index in [1.807, 2.05) is 25.1 Å². The van der Waals surface area contributed by atoms with Crippen LogP contribution in [0.3, 0.4) is 0 Å². The van der Waals surface area contributed by atoms with E-state index >= 15 is 0 Å². The number of hydrogen-bond donors (Lipinski definition) is 0. The van der Waals surface area contributed by atoms with Gasteiger partial charge in [0.2, 0.25) is 0 Å². The maximum atomic E-state index is 9.72. The van der Waals surface area contributed by atoms with Gasteiger partial charge in [0.15, 0.2) is 10.2 Å². The van der Waals surface area contributed by atoms with Gasteiger partial charge >= 0.3 is 0 Å². The van der Waals surface area contributed by atoms with Crippen LogP contribution >= 0.6 is 23.1 Å². The van der Waals surface area contributed by atoms with Crippen molar-refractivity contribution in [3.8, 4) is 6.07 Å². The molecule has 5 nitrogen and oxygen atoms in total. The van der Waals surface area contributed by atoms with Crippen molar-refractivity contribution in [2.75, 3.05) is 0 Å². The van der Waals surface area contributed by atoms with Gasteiger partial charge in [0.1, 0.15) is 16.8 Å². The molecule has 1 aliphatic carbocycles. The number of nitriles is 1. The first kappa shape index (κ1) is 20.8. The van der Waals surface area contributed by atoms with E-state index in [1.54, 1.807) is 23.7 Å². The lowest BCUT2D eigenvalue weighted by Crippen LogP contribution is -2.26. The van der Waals surface area contributed by atoms with Gasteiger partial charge in [-0.2, -0.15) is 5.26 Å². The van der Waals surface area contributed by atoms with Crippen LogP contribution in [0.5, 0.6) is 0 Å². The lowest BCUT2D eigenvalue weighted by molar-refractivity contribution is 0.218. The van der Waals surface area contributed by atoms with Crippen LogP contribution in [0, 0.1) is 29.6 Å². The normalized spacial score (nSPS) is 16.6. The van der Waals surface area contributed by atoms with Gasteiger partial charge in [-0.15, -0.1) is 11.3 Å². The summed E-state index contributed by atoms with van der Waals surface area (Å²) in [6.45, 7) is 8.83. The fraction of sp³-hybridized carbons (Fsp3) is 0.391. The summed E-state index contributed by atoms with van der Waals surface area (Å²) in [7, 11) is 0. The molecule has 0 unspecified atom stereocenters. The number of aryl methyl sites for hydroxylation is 1. The van der Waals surface area contributed by atoms with Crippen LogP contribution in [0.15, 0.2) is 44.1 Å². The zero-order valence-corrected chi connectivity index (χ0v) is 19.2. The van der Waals surface area contributed by atoms with Crippen LogP contribution in [-0.2, 0) is 12.8 Å². The Morgan fingerprint density at radius 1 is 1.33 bits per heavy atom. The van der Waals surface area contributed by atoms with Crippen molar-refractivity contribution >= 4 is 34.3 Å². The molecule has 1 atom stereocenters. The Labute approximate surface area is 185 Å². The number of nitrogens with zero attached hydrogens (tertiary/aromatic N) is 4. The van der Waals surface area contributed by atoms with Crippen molar-refractivity contribution in [1.29, 1.82) is 5.26 Å². The highest BCUT2D eigenvalue weighted by atomic mass is 32.2. The number of furan rings is 1. The monoisotopic (exact) mass is 436 g/mol. The molecule has 0 saturated carbocycles. The molecule has 0 bridgehead atoms. The summed E-state index contributed by atoms with van der Waals surface area (Å²) in [6, 6.07) is 8.00. The van der Waals surface area contributed by atoms with Gasteiger partial charge in [-0.05, 0) is 73.0 Å². The van der Waals surface area contributed by atoms with Crippen molar-refractivity contribution in [3.63, 3.8) is 0 Å². The molecule has 0 spiro atoms. The number of hydrogen-bond acceptors (Lipinski definition) is 7. The van der Waals surface area contributed by atoms with Crippen molar-refractivity contribution in [1.82, 2.24) is 9.97 Å². The summed E-state index contributed by atoms with van der Waals surface area (Å²) in [6.07, 6.45) is 6.56. The maximum Gasteiger partial charge on any atom is 0.195 e. The van der Waals surface area contributed by atoms with Crippen LogP contribution in [0.4, 0.5) is 5.00 Å². The van der Waals surface area contributed by atoms with E-state index in [2.05, 4.69) is 41.8 Å². The third kappa shape index (κ3) is 4.50. The average molecular weight is 437 g/mol. The number of rotatable bonds is 4. The molecule has 0 radical (unpaired) electrons. The molecule has 3 heterocycles. The Balaban J connectivity index is 1.52. The standard InChI is InChI=1S/C23H24N4OS2/c1-14-9-10-25-22(27-14)30-20-8-6-16(28-20)13-26-21-18(12-24)17-7-5-15(23(2,3)4)11-19(17)29-21/h6,8-10,13,15H,5,7,11H2,1-4H3/t15-/m1/s1. The van der Waals surface area contributed by atoms with Gasteiger partial charge in [0.05, 0.1) is 11.8 Å². The smallest absolute Gasteiger partial charge is 0.195 e. The van der Waals surface area contributed by atoms with E-state index in [1.165, 1.54) is 22.2 Å². The number of fused-ring (bicyclic) bond motifs is 1. The summed E-state index contributed by atoms with van der Waals surface area (Å²) in [5, 5.41) is 11.9. The Bertz CT molecular complexity index is 1130. The summed E-state index contributed by atoms with van der Waals surface area (Å²) < 4.78 is 5.84. The van der Waals surface area contributed by atoms with Crippen molar-refractivity contribution in [2.24, 2.45) is 16.3 Å². The van der Waals surface area contributed by atoms with E-state index in [9.17, 15) is 5.26 Å². The molecule has 0 aromatic carbocycles. The first-order valence-electron chi connectivity index (χ1n) is 9.99. The fourth-order valence-electron chi connectivity index (χ4n) is 3.66. The number of thiophene rings is 1. The minimum atomic E-state index is 0.279. The molecule has 3 aromatic rings. The minimum absolute atomic E-state index is 0.279. The second kappa shape index (κ2) is 8.37. The lowest BCUT2D eigenvalue weighted by Gasteiger charge is -2.33. The molecule has 0 aliphatic heterocycles. The summed E-state index contributed by atoms with van der Waals surface area (Å²) in [4.78, 5) is 14.6. The Morgan fingerprint density at radius 3 is 2.90 bits per heavy atom. The molecule has 7 heteroatoms. The number of aromatic nitrogens is 2. The molecule has 0 fully saturated rings. The molecule has 0 amide bonds. The largest absolute Gasteiger partial charge is 0.448 e. The molecule has 30 heavy (non-hydrogen) atoms. The molecule has 4 rings (SSSR count). The zero-order valence-electron chi connectivity index (χ0n) is 17.6. The van der Waals surface area contributed by atoms with E-state index in [0.717, 1.165) is 35.5 Å². The predicted molar refractivity (Wildman–Crippen MR) is 121 cm³/mol. The van der Waals surface area contributed by atoms with Gasteiger partial charge < -0.3 is 4.42 Å². The van der Waals surface area contributed by atoms with Crippen LogP contribution in [-0.4, -0.2) is 16.2 Å². The molecule has 3 aromatic heterocycles. The van der Waals surface area contributed by atoms with Crippen molar-refractivity contribution < 1.29 is 4.42 Å². The van der Waals surface area contributed by atoms with Gasteiger partial charge in [0.25, 0.3) is 0 Å². The predicted octanol–water partition coefficient (Wildman–Crippen LogP) is 6.36. The Morgan fingerprint density at radius 2 is 2.17 bits per heavy atom. The first-order chi connectivity index (χ1) is 14.3. The molecular weight excluding hydrogens is 412 g/mol. The van der Waals surface area contributed by atoms with E-state index in [4.69, 9.17) is 4.42 Å². The van der Waals surface area contributed by atoms with Crippen LogP contribution in [0.1, 0.15) is 54.7 Å². The van der Waals surface area contributed by atoms with Crippen LogP contribution < -0.4 is 0 Å². The van der Waals surface area contributed by atoms with E-state index in [0.29, 0.717) is 21.9 Å². The average Bonchev–Trinajstić information content (AvgIpc) is 3.28. The molecule has 0 N–H and O–H groups in total. The van der Waals surface area contributed by atoms with Gasteiger partial charge in [-0.3, -0.25) is 0 Å². The molecule has 154 valence electrons. The van der Waals surface area contributed by atoms with Crippen molar-refractivity contribution in [3.05, 3.63) is 51.9 Å². The van der Waals surface area contributed by atoms with E-state index < -0.39 is 0 Å². The van der Waals surface area contributed by atoms with Gasteiger partial charge in [-0.1, -0.05) is 20.8 Å². The Hall–Kier alpha value is -2.43. The first-order valence-corrected chi connectivity index (χ1v) is 11.6. The highest BCUT2D eigenvalue weighted by Crippen LogP contribution is 2.44. The molecule has 1 aliphatic rings. The Kier molecular flexibility index (Phi) is 5.81. The van der Waals surface area contributed by atoms with Crippen LogP contribution in [0.25, 0.3) is 0 Å². The third-order valence-electron chi connectivity index (χ3n) is 5.46. The topological polar surface area (TPSA) is 75.1 Å². The molecular formula is C23H24N4OS2. The van der Waals surface area contributed by atoms with Crippen LogP contribution in [0.2, 0.25) is 0 Å². The second-order valence-electron chi connectivity index (χ2n) is 8.60. The van der Waals surface area contributed by atoms with Gasteiger partial charge in [-0.25, -0.2) is 15.0 Å². The van der Waals surface area contributed by atoms with Gasteiger partial charge in [0, 0.05) is 16.8 Å². The summed E-state index contributed by atoms with van der Waals surface area (Å²) in [5.41, 5.74) is 3.12. The lowest BCUT2D eigenvalue weighted by atomic mass is 9.72. The minimum Gasteiger partial charge on any atom is -0.448 e. The number of aliphatic imine (C=N–C) groups is 1. The van der Waals surface area contributed by atoms with Crippen molar-refractivity contribution in [2.45, 2.75) is 57.2 Å². The van der Waals surface area contributed by atoms with E-state index in [-0.39, 0.29) is 5.41 Å². The SMILES string of the molecule is Cc1ccnc(Sc2ccc(C=Nc3sc4c(c3C#N)CC[C@@H](C(C)(C)C)C4)o2)n1.